The number of aromatic nitrogens is 3. The summed E-state index contributed by atoms with van der Waals surface area (Å²) >= 11 is 3.33. The number of carbonyl (C=O) groups excluding carboxylic acids is 1. The number of pyridine rings is 1. The van der Waals surface area contributed by atoms with Crippen LogP contribution in [0.1, 0.15) is 5.89 Å². The van der Waals surface area contributed by atoms with Crippen LogP contribution in [0.2, 0.25) is 0 Å². The Hall–Kier alpha value is -2.82. The summed E-state index contributed by atoms with van der Waals surface area (Å²) in [6, 6.07) is 11.2. The van der Waals surface area contributed by atoms with Crippen LogP contribution >= 0.6 is 15.9 Å². The van der Waals surface area contributed by atoms with Crippen molar-refractivity contribution in [2.75, 3.05) is 45.2 Å². The van der Waals surface area contributed by atoms with Gasteiger partial charge in [-0.05, 0) is 52.3 Å². The molecule has 0 radical (unpaired) electrons. The average Bonchev–Trinajstić information content (AvgIpc) is 3.25. The maximum absolute atomic E-state index is 12.3. The molecule has 1 amide bonds. The summed E-state index contributed by atoms with van der Waals surface area (Å²) in [5.74, 6) is 2.42. The Morgan fingerprint density at radius 3 is 2.55 bits per heavy atom. The van der Waals surface area contributed by atoms with E-state index in [0.29, 0.717) is 30.6 Å². The van der Waals surface area contributed by atoms with Gasteiger partial charge in [0.25, 0.3) is 0 Å². The number of rotatable bonds is 7. The smallest absolute Gasteiger partial charge is 0.241 e. The minimum absolute atomic E-state index is 0.0655. The SMILES string of the molecule is COc1ccc(-c2noc(CN3CCN(CC(=O)Nc4ccc(Br)cn4)CC3)n2)cc1. The van der Waals surface area contributed by atoms with Crippen molar-refractivity contribution in [3.05, 3.63) is 53.0 Å². The van der Waals surface area contributed by atoms with Gasteiger partial charge in [-0.15, -0.1) is 0 Å². The number of benzene rings is 1. The Labute approximate surface area is 188 Å². The molecule has 0 aliphatic carbocycles. The van der Waals surface area contributed by atoms with E-state index in [0.717, 1.165) is 42.0 Å². The number of ether oxygens (including phenoxy) is 1. The highest BCUT2D eigenvalue weighted by atomic mass is 79.9. The molecule has 0 spiro atoms. The van der Waals surface area contributed by atoms with E-state index in [4.69, 9.17) is 9.26 Å². The van der Waals surface area contributed by atoms with Gasteiger partial charge in [-0.2, -0.15) is 4.98 Å². The summed E-state index contributed by atoms with van der Waals surface area (Å²) < 4.78 is 11.5. The number of anilines is 1. The fourth-order valence-electron chi connectivity index (χ4n) is 3.31. The van der Waals surface area contributed by atoms with Crippen molar-refractivity contribution in [1.82, 2.24) is 24.9 Å². The molecule has 1 saturated heterocycles. The monoisotopic (exact) mass is 486 g/mol. The molecule has 1 aromatic carbocycles. The Morgan fingerprint density at radius 1 is 1.13 bits per heavy atom. The Kier molecular flexibility index (Phi) is 6.90. The number of piperazine rings is 1. The molecule has 162 valence electrons. The van der Waals surface area contributed by atoms with Crippen molar-refractivity contribution in [2.24, 2.45) is 0 Å². The summed E-state index contributed by atoms with van der Waals surface area (Å²) in [5, 5.41) is 6.91. The first kappa shape index (κ1) is 21.4. The van der Waals surface area contributed by atoms with Crippen molar-refractivity contribution in [3.63, 3.8) is 0 Å². The van der Waals surface area contributed by atoms with Gasteiger partial charge in [0.2, 0.25) is 17.6 Å². The number of hydrogen-bond donors (Lipinski definition) is 1. The van der Waals surface area contributed by atoms with E-state index in [2.05, 4.69) is 46.2 Å². The van der Waals surface area contributed by atoms with Crippen LogP contribution in [0, 0.1) is 0 Å². The average molecular weight is 487 g/mol. The van der Waals surface area contributed by atoms with E-state index in [1.807, 2.05) is 30.3 Å². The van der Waals surface area contributed by atoms with Gasteiger partial charge in [-0.3, -0.25) is 14.6 Å². The van der Waals surface area contributed by atoms with Crippen LogP contribution in [0.5, 0.6) is 5.75 Å². The van der Waals surface area contributed by atoms with E-state index in [1.165, 1.54) is 0 Å². The maximum Gasteiger partial charge on any atom is 0.241 e. The normalized spacial score (nSPS) is 15.0. The summed E-state index contributed by atoms with van der Waals surface area (Å²) in [5.41, 5.74) is 0.881. The molecule has 9 nitrogen and oxygen atoms in total. The second-order valence-electron chi connectivity index (χ2n) is 7.20. The molecule has 10 heteroatoms. The second-order valence-corrected chi connectivity index (χ2v) is 8.12. The largest absolute Gasteiger partial charge is 0.497 e. The number of nitrogens with one attached hydrogen (secondary N) is 1. The van der Waals surface area contributed by atoms with E-state index < -0.39 is 0 Å². The molecule has 1 aliphatic heterocycles. The van der Waals surface area contributed by atoms with Crippen LogP contribution in [-0.4, -0.2) is 70.7 Å². The third-order valence-electron chi connectivity index (χ3n) is 5.00. The molecule has 1 N–H and O–H groups in total. The molecule has 31 heavy (non-hydrogen) atoms. The van der Waals surface area contributed by atoms with Gasteiger partial charge in [0.05, 0.1) is 20.2 Å². The number of halogens is 1. The maximum atomic E-state index is 12.3. The Bertz CT molecular complexity index is 1000. The lowest BCUT2D eigenvalue weighted by atomic mass is 10.2. The van der Waals surface area contributed by atoms with Gasteiger partial charge in [-0.25, -0.2) is 4.98 Å². The lowest BCUT2D eigenvalue weighted by Gasteiger charge is -2.33. The van der Waals surface area contributed by atoms with Gasteiger partial charge in [0.1, 0.15) is 11.6 Å². The first-order valence-corrected chi connectivity index (χ1v) is 10.7. The van der Waals surface area contributed by atoms with E-state index in [9.17, 15) is 4.79 Å². The molecule has 0 saturated carbocycles. The van der Waals surface area contributed by atoms with Gasteiger partial charge in [-0.1, -0.05) is 5.16 Å². The zero-order chi connectivity index (χ0) is 21.6. The molecule has 3 heterocycles. The van der Waals surface area contributed by atoms with Gasteiger partial charge in [0.15, 0.2) is 0 Å². The number of methoxy groups -OCH3 is 1. The fourth-order valence-corrected chi connectivity index (χ4v) is 3.54. The third-order valence-corrected chi connectivity index (χ3v) is 5.47. The molecular weight excluding hydrogens is 464 g/mol. The fraction of sp³-hybridized carbons (Fsp3) is 0.333. The van der Waals surface area contributed by atoms with Crippen LogP contribution in [-0.2, 0) is 11.3 Å². The molecule has 0 atom stereocenters. The van der Waals surface area contributed by atoms with Crippen molar-refractivity contribution < 1.29 is 14.1 Å². The highest BCUT2D eigenvalue weighted by Gasteiger charge is 2.21. The number of carbonyl (C=O) groups is 1. The van der Waals surface area contributed by atoms with E-state index >= 15 is 0 Å². The molecular formula is C21H23BrN6O3. The van der Waals surface area contributed by atoms with Gasteiger partial charge >= 0.3 is 0 Å². The molecule has 4 rings (SSSR count). The zero-order valence-corrected chi connectivity index (χ0v) is 18.7. The van der Waals surface area contributed by atoms with Crippen LogP contribution < -0.4 is 10.1 Å². The Balaban J connectivity index is 1.23. The molecule has 1 fully saturated rings. The van der Waals surface area contributed by atoms with Crippen molar-refractivity contribution in [1.29, 1.82) is 0 Å². The molecule has 1 aliphatic rings. The van der Waals surface area contributed by atoms with Gasteiger partial charge < -0.3 is 14.6 Å². The van der Waals surface area contributed by atoms with E-state index in [1.54, 1.807) is 19.4 Å². The Morgan fingerprint density at radius 2 is 1.87 bits per heavy atom. The first-order valence-electron chi connectivity index (χ1n) is 9.92. The number of amides is 1. The quantitative estimate of drug-likeness (QED) is 0.544. The third kappa shape index (κ3) is 5.87. The predicted molar refractivity (Wildman–Crippen MR) is 119 cm³/mol. The lowest BCUT2D eigenvalue weighted by Crippen LogP contribution is -2.48. The predicted octanol–water partition coefficient (Wildman–Crippen LogP) is 2.66. The molecule has 3 aromatic rings. The summed E-state index contributed by atoms with van der Waals surface area (Å²) in [6.45, 7) is 4.16. The minimum Gasteiger partial charge on any atom is -0.497 e. The van der Waals surface area contributed by atoms with E-state index in [-0.39, 0.29) is 5.91 Å². The molecule has 0 unspecified atom stereocenters. The molecule has 2 aromatic heterocycles. The molecule has 0 bridgehead atoms. The number of nitrogens with zero attached hydrogens (tertiary/aromatic N) is 5. The van der Waals surface area contributed by atoms with Crippen LogP contribution in [0.3, 0.4) is 0 Å². The highest BCUT2D eigenvalue weighted by molar-refractivity contribution is 9.10. The first-order chi connectivity index (χ1) is 15.1. The van der Waals surface area contributed by atoms with Crippen LogP contribution in [0.15, 0.2) is 51.6 Å². The summed E-state index contributed by atoms with van der Waals surface area (Å²) in [7, 11) is 1.63. The van der Waals surface area contributed by atoms with Crippen LogP contribution in [0.25, 0.3) is 11.4 Å². The zero-order valence-electron chi connectivity index (χ0n) is 17.1. The lowest BCUT2D eigenvalue weighted by molar-refractivity contribution is -0.117. The second kappa shape index (κ2) is 9.99. The van der Waals surface area contributed by atoms with Crippen molar-refractivity contribution >= 4 is 27.7 Å². The topological polar surface area (TPSA) is 96.6 Å². The summed E-state index contributed by atoms with van der Waals surface area (Å²) in [4.78, 5) is 25.3. The van der Waals surface area contributed by atoms with Crippen LogP contribution in [0.4, 0.5) is 5.82 Å². The summed E-state index contributed by atoms with van der Waals surface area (Å²) in [6.07, 6.45) is 1.66. The standard InChI is InChI=1S/C21H23BrN6O3/c1-30-17-5-2-15(3-6-17)21-25-20(31-26-21)14-28-10-8-27(9-11-28)13-19(29)24-18-7-4-16(22)12-23-18/h2-7,12H,8-11,13-14H2,1H3,(H,23,24,29). The van der Waals surface area contributed by atoms with Gasteiger partial charge in [0, 0.05) is 42.4 Å². The van der Waals surface area contributed by atoms with Crippen molar-refractivity contribution in [2.45, 2.75) is 6.54 Å². The number of hydrogen-bond acceptors (Lipinski definition) is 8. The van der Waals surface area contributed by atoms with Crippen molar-refractivity contribution in [3.8, 4) is 17.1 Å². The highest BCUT2D eigenvalue weighted by Crippen LogP contribution is 2.20. The minimum atomic E-state index is -0.0655.